The lowest BCUT2D eigenvalue weighted by molar-refractivity contribution is -0.132. The smallest absolute Gasteiger partial charge is 0.344 e. The second kappa shape index (κ2) is 8.29. The minimum atomic E-state index is -1.26. The quantitative estimate of drug-likeness (QED) is 0.696. The van der Waals surface area contributed by atoms with Crippen LogP contribution in [-0.4, -0.2) is 36.1 Å². The van der Waals surface area contributed by atoms with E-state index >= 15 is 0 Å². The maximum absolute atomic E-state index is 13.0. The number of ether oxygens (including phenoxy) is 2. The van der Waals surface area contributed by atoms with Crippen LogP contribution >= 0.6 is 0 Å². The second-order valence-electron chi connectivity index (χ2n) is 7.89. The number of nitrogens with one attached hydrogen (secondary N) is 2. The van der Waals surface area contributed by atoms with E-state index in [4.69, 9.17) is 9.47 Å². The molecular formula is C23H25N3O5. The number of urea groups is 1. The molecular weight excluding hydrogens is 398 g/mol. The number of benzene rings is 2. The zero-order chi connectivity index (χ0) is 22.0. The Balaban J connectivity index is 1.50. The molecule has 4 rings (SSSR count). The molecule has 0 aromatic heterocycles. The van der Waals surface area contributed by atoms with Gasteiger partial charge in [0, 0.05) is 5.56 Å². The predicted octanol–water partition coefficient (Wildman–Crippen LogP) is 3.13. The third-order valence-corrected chi connectivity index (χ3v) is 5.78. The molecule has 1 unspecified atom stereocenters. The van der Waals surface area contributed by atoms with Crippen molar-refractivity contribution in [3.8, 4) is 11.5 Å². The number of hydrazine groups is 1. The van der Waals surface area contributed by atoms with E-state index in [0.717, 1.165) is 25.7 Å². The molecule has 0 radical (unpaired) electrons. The van der Waals surface area contributed by atoms with Crippen LogP contribution in [0.4, 0.5) is 4.79 Å². The van der Waals surface area contributed by atoms with Crippen molar-refractivity contribution >= 4 is 17.8 Å². The minimum absolute atomic E-state index is 0.148. The first-order chi connectivity index (χ1) is 14.9. The minimum Gasteiger partial charge on any atom is -0.493 e. The van der Waals surface area contributed by atoms with Crippen molar-refractivity contribution in [2.45, 2.75) is 44.2 Å². The van der Waals surface area contributed by atoms with E-state index < -0.39 is 23.4 Å². The van der Waals surface area contributed by atoms with Gasteiger partial charge in [0.25, 0.3) is 11.8 Å². The molecule has 1 aliphatic heterocycles. The Hall–Kier alpha value is -3.55. The van der Waals surface area contributed by atoms with Gasteiger partial charge in [-0.05, 0) is 56.4 Å². The van der Waals surface area contributed by atoms with E-state index in [0.29, 0.717) is 22.1 Å². The monoisotopic (exact) mass is 423 g/mol. The first-order valence-corrected chi connectivity index (χ1v) is 10.3. The molecule has 2 N–H and O–H groups in total. The Kier molecular flexibility index (Phi) is 5.54. The first-order valence-electron chi connectivity index (χ1n) is 10.3. The Morgan fingerprint density at radius 2 is 1.81 bits per heavy atom. The molecule has 1 saturated heterocycles. The molecule has 0 spiro atoms. The van der Waals surface area contributed by atoms with E-state index in [-0.39, 0.29) is 11.7 Å². The summed E-state index contributed by atoms with van der Waals surface area (Å²) in [5, 5.41) is 3.37. The Labute approximate surface area is 180 Å². The molecule has 8 heteroatoms. The normalized spacial score (nSPS) is 21.2. The fourth-order valence-electron chi connectivity index (χ4n) is 3.97. The number of rotatable bonds is 6. The highest BCUT2D eigenvalue weighted by molar-refractivity contribution is 6.09. The highest BCUT2D eigenvalue weighted by Crippen LogP contribution is 2.33. The fraction of sp³-hybridized carbons (Fsp3) is 0.348. The van der Waals surface area contributed by atoms with E-state index in [1.54, 1.807) is 43.3 Å². The van der Waals surface area contributed by atoms with Crippen molar-refractivity contribution in [3.05, 3.63) is 59.7 Å². The van der Waals surface area contributed by atoms with E-state index in [1.165, 1.54) is 13.2 Å². The highest BCUT2D eigenvalue weighted by atomic mass is 16.5. The largest absolute Gasteiger partial charge is 0.493 e. The number of nitrogens with zero attached hydrogens (tertiary/aromatic N) is 1. The fourth-order valence-corrected chi connectivity index (χ4v) is 3.97. The number of hydrogen-bond donors (Lipinski definition) is 2. The summed E-state index contributed by atoms with van der Waals surface area (Å²) in [4.78, 5) is 38.2. The Bertz CT molecular complexity index is 1000. The summed E-state index contributed by atoms with van der Waals surface area (Å²) < 4.78 is 11.4. The van der Waals surface area contributed by atoms with Gasteiger partial charge in [0.15, 0.2) is 11.5 Å². The molecule has 1 heterocycles. The van der Waals surface area contributed by atoms with Crippen LogP contribution in [-0.2, 0) is 10.3 Å². The number of hydrogen-bond acceptors (Lipinski definition) is 5. The van der Waals surface area contributed by atoms with Crippen LogP contribution < -0.4 is 20.2 Å². The Morgan fingerprint density at radius 3 is 2.48 bits per heavy atom. The van der Waals surface area contributed by atoms with Gasteiger partial charge in [-0.1, -0.05) is 30.3 Å². The number of carbonyl (C=O) groups is 3. The molecule has 0 bridgehead atoms. The van der Waals surface area contributed by atoms with Crippen LogP contribution in [0.5, 0.6) is 11.5 Å². The van der Waals surface area contributed by atoms with Crippen LogP contribution in [0.15, 0.2) is 48.5 Å². The standard InChI is InChI=1S/C23H25N3O5/c1-23(16-8-4-3-5-9-16)21(28)26(22(29)24-23)25-20(27)15-12-13-18(19(14-15)30-2)31-17-10-6-7-11-17/h3-5,8-9,12-14,17H,6-7,10-11H2,1-2H3,(H,24,29)(H,25,27). The summed E-state index contributed by atoms with van der Waals surface area (Å²) in [7, 11) is 1.50. The summed E-state index contributed by atoms with van der Waals surface area (Å²) in [5.74, 6) is -0.180. The molecule has 1 saturated carbocycles. The molecule has 31 heavy (non-hydrogen) atoms. The number of amides is 4. The first kappa shape index (κ1) is 20.7. The van der Waals surface area contributed by atoms with Crippen LogP contribution in [0.3, 0.4) is 0 Å². The van der Waals surface area contributed by atoms with Gasteiger partial charge in [0.1, 0.15) is 5.54 Å². The molecule has 2 fully saturated rings. The molecule has 162 valence electrons. The summed E-state index contributed by atoms with van der Waals surface area (Å²) in [6.07, 6.45) is 4.42. The molecule has 1 atom stereocenters. The van der Waals surface area contributed by atoms with Gasteiger partial charge in [-0.25, -0.2) is 4.79 Å². The number of imide groups is 1. The van der Waals surface area contributed by atoms with Crippen LogP contribution in [0.2, 0.25) is 0 Å². The van der Waals surface area contributed by atoms with Gasteiger partial charge in [-0.15, -0.1) is 0 Å². The van der Waals surface area contributed by atoms with E-state index in [9.17, 15) is 14.4 Å². The topological polar surface area (TPSA) is 97.0 Å². The van der Waals surface area contributed by atoms with Crippen LogP contribution in [0.1, 0.15) is 48.5 Å². The number of methoxy groups -OCH3 is 1. The molecule has 8 nitrogen and oxygen atoms in total. The zero-order valence-corrected chi connectivity index (χ0v) is 17.5. The SMILES string of the molecule is COc1cc(C(=O)NN2C(=O)NC(C)(c3ccccc3)C2=O)ccc1OC1CCCC1. The van der Waals surface area contributed by atoms with E-state index in [1.807, 2.05) is 6.07 Å². The third-order valence-electron chi connectivity index (χ3n) is 5.78. The molecule has 1 aliphatic carbocycles. The molecule has 2 aliphatic rings. The van der Waals surface area contributed by atoms with Gasteiger partial charge in [-0.3, -0.25) is 15.0 Å². The Morgan fingerprint density at radius 1 is 1.10 bits per heavy atom. The lowest BCUT2D eigenvalue weighted by Crippen LogP contribution is -2.47. The van der Waals surface area contributed by atoms with Crippen molar-refractivity contribution in [1.82, 2.24) is 15.8 Å². The van der Waals surface area contributed by atoms with Crippen molar-refractivity contribution in [3.63, 3.8) is 0 Å². The van der Waals surface area contributed by atoms with E-state index in [2.05, 4.69) is 10.7 Å². The summed E-state index contributed by atoms with van der Waals surface area (Å²) in [6.45, 7) is 1.60. The molecule has 2 aromatic carbocycles. The van der Waals surface area contributed by atoms with Crippen molar-refractivity contribution in [1.29, 1.82) is 0 Å². The zero-order valence-electron chi connectivity index (χ0n) is 17.5. The van der Waals surface area contributed by atoms with Gasteiger partial charge in [-0.2, -0.15) is 5.01 Å². The lowest BCUT2D eigenvalue weighted by Gasteiger charge is -2.22. The highest BCUT2D eigenvalue weighted by Gasteiger charge is 2.50. The summed E-state index contributed by atoms with van der Waals surface area (Å²) in [6, 6.07) is 13.0. The lowest BCUT2D eigenvalue weighted by atomic mass is 9.92. The maximum atomic E-state index is 13.0. The van der Waals surface area contributed by atoms with Crippen LogP contribution in [0, 0.1) is 0 Å². The maximum Gasteiger partial charge on any atom is 0.344 e. The van der Waals surface area contributed by atoms with Crippen molar-refractivity contribution in [2.24, 2.45) is 0 Å². The van der Waals surface area contributed by atoms with Gasteiger partial charge >= 0.3 is 6.03 Å². The predicted molar refractivity (Wildman–Crippen MR) is 113 cm³/mol. The molecule has 4 amide bonds. The van der Waals surface area contributed by atoms with Crippen LogP contribution in [0.25, 0.3) is 0 Å². The number of carbonyl (C=O) groups excluding carboxylic acids is 3. The average molecular weight is 423 g/mol. The third kappa shape index (κ3) is 3.93. The van der Waals surface area contributed by atoms with Gasteiger partial charge < -0.3 is 14.8 Å². The van der Waals surface area contributed by atoms with Gasteiger partial charge in [0.05, 0.1) is 13.2 Å². The molecule has 2 aromatic rings. The van der Waals surface area contributed by atoms with Gasteiger partial charge in [0.2, 0.25) is 0 Å². The second-order valence-corrected chi connectivity index (χ2v) is 7.89. The summed E-state index contributed by atoms with van der Waals surface area (Å²) >= 11 is 0. The summed E-state index contributed by atoms with van der Waals surface area (Å²) in [5.41, 5.74) is 2.00. The van der Waals surface area contributed by atoms with Crippen molar-refractivity contribution < 1.29 is 23.9 Å². The van der Waals surface area contributed by atoms with Crippen molar-refractivity contribution in [2.75, 3.05) is 7.11 Å². The average Bonchev–Trinajstić information content (AvgIpc) is 3.37.